The van der Waals surface area contributed by atoms with E-state index in [0.29, 0.717) is 5.75 Å². The SMILES string of the molecule is CCOC(=O)[C@H](C)NC(=O)C(O)[C@H](N)CSC(C)(C)C. The summed E-state index contributed by atoms with van der Waals surface area (Å²) in [7, 11) is 0. The number of aliphatic hydroxyl groups excluding tert-OH is 1. The average molecular weight is 306 g/mol. The van der Waals surface area contributed by atoms with Crippen LogP contribution in [0.4, 0.5) is 0 Å². The lowest BCUT2D eigenvalue weighted by Gasteiger charge is -2.24. The fourth-order valence-corrected chi connectivity index (χ4v) is 2.13. The van der Waals surface area contributed by atoms with Crippen molar-refractivity contribution in [3.63, 3.8) is 0 Å². The number of hydrogen-bond donors (Lipinski definition) is 3. The van der Waals surface area contributed by atoms with Crippen molar-refractivity contribution in [1.29, 1.82) is 0 Å². The van der Waals surface area contributed by atoms with Crippen molar-refractivity contribution < 1.29 is 19.4 Å². The third kappa shape index (κ3) is 7.72. The van der Waals surface area contributed by atoms with Gasteiger partial charge in [-0.25, -0.2) is 4.79 Å². The third-order valence-corrected chi connectivity index (χ3v) is 3.80. The summed E-state index contributed by atoms with van der Waals surface area (Å²) >= 11 is 1.56. The minimum Gasteiger partial charge on any atom is -0.464 e. The Morgan fingerprint density at radius 1 is 1.40 bits per heavy atom. The summed E-state index contributed by atoms with van der Waals surface area (Å²) in [5.74, 6) is -0.746. The van der Waals surface area contributed by atoms with Gasteiger partial charge in [0.2, 0.25) is 0 Å². The van der Waals surface area contributed by atoms with E-state index in [9.17, 15) is 14.7 Å². The van der Waals surface area contributed by atoms with Crippen LogP contribution in [0.3, 0.4) is 0 Å². The Bertz CT molecular complexity index is 331. The van der Waals surface area contributed by atoms with E-state index in [1.165, 1.54) is 6.92 Å². The number of amides is 1. The molecule has 0 aliphatic carbocycles. The minimum absolute atomic E-state index is 0.00599. The monoisotopic (exact) mass is 306 g/mol. The number of ether oxygens (including phenoxy) is 1. The zero-order valence-corrected chi connectivity index (χ0v) is 13.6. The van der Waals surface area contributed by atoms with E-state index in [2.05, 4.69) is 5.32 Å². The lowest BCUT2D eigenvalue weighted by molar-refractivity contribution is -0.148. The fourth-order valence-electron chi connectivity index (χ4n) is 1.26. The number of carbonyl (C=O) groups is 2. The van der Waals surface area contributed by atoms with Gasteiger partial charge in [0, 0.05) is 16.5 Å². The van der Waals surface area contributed by atoms with E-state index in [4.69, 9.17) is 10.5 Å². The number of thioether (sulfide) groups is 1. The molecule has 0 aromatic rings. The molecule has 0 saturated carbocycles. The van der Waals surface area contributed by atoms with Gasteiger partial charge < -0.3 is 20.9 Å². The Morgan fingerprint density at radius 2 is 1.95 bits per heavy atom. The number of rotatable bonds is 7. The summed E-state index contributed by atoms with van der Waals surface area (Å²) < 4.78 is 4.77. The molecule has 0 bridgehead atoms. The molecule has 0 spiro atoms. The van der Waals surface area contributed by atoms with Crippen LogP contribution in [0.25, 0.3) is 0 Å². The molecule has 0 fully saturated rings. The third-order valence-electron chi connectivity index (χ3n) is 2.38. The highest BCUT2D eigenvalue weighted by molar-refractivity contribution is 8.00. The van der Waals surface area contributed by atoms with E-state index in [-0.39, 0.29) is 11.4 Å². The molecule has 0 aromatic carbocycles. The summed E-state index contributed by atoms with van der Waals surface area (Å²) in [6.07, 6.45) is -1.35. The molecule has 0 rings (SSSR count). The molecular weight excluding hydrogens is 280 g/mol. The van der Waals surface area contributed by atoms with Crippen LogP contribution in [-0.2, 0) is 14.3 Å². The van der Waals surface area contributed by atoms with Crippen molar-refractivity contribution in [2.75, 3.05) is 12.4 Å². The van der Waals surface area contributed by atoms with Gasteiger partial charge in [0.1, 0.15) is 12.1 Å². The van der Waals surface area contributed by atoms with Gasteiger partial charge in [0.05, 0.1) is 6.61 Å². The summed E-state index contributed by atoms with van der Waals surface area (Å²) in [6, 6.07) is -1.49. The van der Waals surface area contributed by atoms with E-state index >= 15 is 0 Å². The van der Waals surface area contributed by atoms with Gasteiger partial charge >= 0.3 is 5.97 Å². The van der Waals surface area contributed by atoms with Gasteiger partial charge in [0.15, 0.2) is 0 Å². The molecule has 4 N–H and O–H groups in total. The van der Waals surface area contributed by atoms with E-state index < -0.39 is 30.1 Å². The second-order valence-corrected chi connectivity index (χ2v) is 7.36. The van der Waals surface area contributed by atoms with Crippen LogP contribution in [0, 0.1) is 0 Å². The summed E-state index contributed by atoms with van der Waals surface area (Å²) in [4.78, 5) is 23.1. The Labute approximate surface area is 124 Å². The summed E-state index contributed by atoms with van der Waals surface area (Å²) in [5.41, 5.74) is 5.79. The molecule has 6 nitrogen and oxygen atoms in total. The minimum atomic E-state index is -1.35. The van der Waals surface area contributed by atoms with Gasteiger partial charge in [0.25, 0.3) is 5.91 Å². The second-order valence-electron chi connectivity index (χ2n) is 5.51. The molecule has 0 saturated heterocycles. The maximum atomic E-state index is 11.8. The topological polar surface area (TPSA) is 102 Å². The first-order chi connectivity index (χ1) is 9.08. The largest absolute Gasteiger partial charge is 0.464 e. The number of nitrogens with two attached hydrogens (primary N) is 1. The quantitative estimate of drug-likeness (QED) is 0.584. The molecular formula is C13H26N2O4S. The van der Waals surface area contributed by atoms with Gasteiger partial charge in [-0.2, -0.15) is 11.8 Å². The van der Waals surface area contributed by atoms with Crippen LogP contribution in [0.1, 0.15) is 34.6 Å². The molecule has 118 valence electrons. The van der Waals surface area contributed by atoms with Gasteiger partial charge in [-0.05, 0) is 13.8 Å². The van der Waals surface area contributed by atoms with Crippen molar-refractivity contribution in [3.05, 3.63) is 0 Å². The molecule has 1 unspecified atom stereocenters. The lowest BCUT2D eigenvalue weighted by atomic mass is 10.2. The Hall–Kier alpha value is -0.790. The first-order valence-electron chi connectivity index (χ1n) is 6.63. The zero-order valence-electron chi connectivity index (χ0n) is 12.8. The average Bonchev–Trinajstić information content (AvgIpc) is 2.34. The lowest BCUT2D eigenvalue weighted by Crippen LogP contribution is -2.51. The van der Waals surface area contributed by atoms with Crippen molar-refractivity contribution in [2.45, 2.75) is 57.6 Å². The maximum Gasteiger partial charge on any atom is 0.328 e. The molecule has 0 aromatic heterocycles. The smallest absolute Gasteiger partial charge is 0.328 e. The number of aliphatic hydroxyl groups is 1. The molecule has 0 aliphatic rings. The normalized spacial score (nSPS) is 16.1. The number of carbonyl (C=O) groups excluding carboxylic acids is 2. The molecule has 0 aliphatic heterocycles. The van der Waals surface area contributed by atoms with Crippen molar-refractivity contribution >= 4 is 23.6 Å². The van der Waals surface area contributed by atoms with Crippen LogP contribution >= 0.6 is 11.8 Å². The van der Waals surface area contributed by atoms with E-state index in [1.54, 1.807) is 18.7 Å². The van der Waals surface area contributed by atoms with Gasteiger partial charge in [-0.3, -0.25) is 4.79 Å². The highest BCUT2D eigenvalue weighted by atomic mass is 32.2. The standard InChI is InChI=1S/C13H26N2O4S/c1-6-19-12(18)8(2)15-11(17)10(16)9(14)7-20-13(3,4)5/h8-10,16H,6-7,14H2,1-5H3,(H,15,17)/t8-,9+,10?/m0/s1. The fraction of sp³-hybridized carbons (Fsp3) is 0.846. The number of hydrogen-bond acceptors (Lipinski definition) is 6. The van der Waals surface area contributed by atoms with Crippen molar-refractivity contribution in [1.82, 2.24) is 5.32 Å². The molecule has 7 heteroatoms. The van der Waals surface area contributed by atoms with Crippen LogP contribution in [0.5, 0.6) is 0 Å². The van der Waals surface area contributed by atoms with Crippen molar-refractivity contribution in [2.24, 2.45) is 5.73 Å². The van der Waals surface area contributed by atoms with Crippen molar-refractivity contribution in [3.8, 4) is 0 Å². The first-order valence-corrected chi connectivity index (χ1v) is 7.61. The predicted molar refractivity (Wildman–Crippen MR) is 80.4 cm³/mol. The van der Waals surface area contributed by atoms with Gasteiger partial charge in [-0.15, -0.1) is 0 Å². The van der Waals surface area contributed by atoms with E-state index in [0.717, 1.165) is 0 Å². The highest BCUT2D eigenvalue weighted by Crippen LogP contribution is 2.23. The highest BCUT2D eigenvalue weighted by Gasteiger charge is 2.27. The van der Waals surface area contributed by atoms with Crippen LogP contribution in [0.2, 0.25) is 0 Å². The number of esters is 1. The Kier molecular flexibility index (Phi) is 8.15. The first kappa shape index (κ1) is 19.2. The summed E-state index contributed by atoms with van der Waals surface area (Å²) in [6.45, 7) is 9.50. The molecule has 1 amide bonds. The molecule has 3 atom stereocenters. The second kappa shape index (κ2) is 8.49. The maximum absolute atomic E-state index is 11.8. The van der Waals surface area contributed by atoms with Crippen LogP contribution in [0.15, 0.2) is 0 Å². The molecule has 0 heterocycles. The molecule has 0 radical (unpaired) electrons. The predicted octanol–water partition coefficient (Wildman–Crippen LogP) is 0.274. The molecule has 20 heavy (non-hydrogen) atoms. The Morgan fingerprint density at radius 3 is 2.40 bits per heavy atom. The zero-order chi connectivity index (χ0) is 15.9. The van der Waals surface area contributed by atoms with Crippen LogP contribution < -0.4 is 11.1 Å². The number of nitrogens with one attached hydrogen (secondary N) is 1. The van der Waals surface area contributed by atoms with E-state index in [1.807, 2.05) is 20.8 Å². The van der Waals surface area contributed by atoms with Gasteiger partial charge in [-0.1, -0.05) is 20.8 Å². The summed E-state index contributed by atoms with van der Waals surface area (Å²) in [5, 5.41) is 12.2. The van der Waals surface area contributed by atoms with Crippen LogP contribution in [-0.4, -0.2) is 52.3 Å². The Balaban J connectivity index is 4.29.